The molecule has 0 bridgehead atoms. The van der Waals surface area contributed by atoms with Crippen LogP contribution in [0.2, 0.25) is 0 Å². The summed E-state index contributed by atoms with van der Waals surface area (Å²) in [5.41, 5.74) is 2.08. The Morgan fingerprint density at radius 3 is 2.70 bits per heavy atom. The molecular weight excluding hydrogens is 290 g/mol. The number of rotatable bonds is 4. The lowest BCUT2D eigenvalue weighted by molar-refractivity contribution is -0.920. The number of nitrogens with one attached hydrogen (secondary N) is 2. The van der Waals surface area contributed by atoms with E-state index in [1.54, 1.807) is 0 Å². The van der Waals surface area contributed by atoms with Gasteiger partial charge in [-0.1, -0.05) is 0 Å². The molecule has 1 unspecified atom stereocenters. The number of anilines is 2. The molecule has 126 valence electrons. The Hall–Kier alpha value is -1.59. The Labute approximate surface area is 138 Å². The molecule has 1 aromatic rings. The summed E-state index contributed by atoms with van der Waals surface area (Å²) in [6, 6.07) is 8.75. The van der Waals surface area contributed by atoms with Gasteiger partial charge < -0.3 is 19.9 Å². The molecule has 5 heteroatoms. The number of carbonyl (C=O) groups is 1. The van der Waals surface area contributed by atoms with Crippen molar-refractivity contribution in [3.05, 3.63) is 24.3 Å². The zero-order valence-corrected chi connectivity index (χ0v) is 14.0. The molecule has 3 rings (SSSR count). The van der Waals surface area contributed by atoms with Crippen molar-refractivity contribution < 1.29 is 14.4 Å². The average molecular weight is 318 g/mol. The molecule has 2 aliphatic rings. The van der Waals surface area contributed by atoms with Crippen LogP contribution >= 0.6 is 0 Å². The van der Waals surface area contributed by atoms with E-state index >= 15 is 0 Å². The molecule has 2 fully saturated rings. The fraction of sp³-hybridized carbons (Fsp3) is 0.611. The van der Waals surface area contributed by atoms with Gasteiger partial charge in [0.05, 0.1) is 25.8 Å². The summed E-state index contributed by atoms with van der Waals surface area (Å²) in [5.74, 6) is 0.118. The highest BCUT2D eigenvalue weighted by molar-refractivity contribution is 5.91. The minimum atomic E-state index is 0.118. The van der Waals surface area contributed by atoms with Crippen LogP contribution in [0.25, 0.3) is 0 Å². The first-order valence-corrected chi connectivity index (χ1v) is 8.79. The second-order valence-corrected chi connectivity index (χ2v) is 6.68. The van der Waals surface area contributed by atoms with Crippen molar-refractivity contribution in [2.24, 2.45) is 0 Å². The number of carbonyl (C=O) groups excluding carboxylic acids is 1. The van der Waals surface area contributed by atoms with E-state index in [2.05, 4.69) is 29.3 Å². The fourth-order valence-corrected chi connectivity index (χ4v) is 3.50. The van der Waals surface area contributed by atoms with Crippen molar-refractivity contribution in [2.45, 2.75) is 32.2 Å². The molecule has 0 aromatic heterocycles. The smallest absolute Gasteiger partial charge is 0.279 e. The van der Waals surface area contributed by atoms with Crippen LogP contribution in [0.5, 0.6) is 0 Å². The van der Waals surface area contributed by atoms with Crippen molar-refractivity contribution in [2.75, 3.05) is 49.6 Å². The molecule has 0 spiro atoms. The third kappa shape index (κ3) is 4.45. The largest absolute Gasteiger partial charge is 0.378 e. The van der Waals surface area contributed by atoms with Gasteiger partial charge in [-0.3, -0.25) is 4.79 Å². The first-order valence-electron chi connectivity index (χ1n) is 8.79. The maximum absolute atomic E-state index is 12.3. The molecule has 2 heterocycles. The second kappa shape index (κ2) is 7.79. The Morgan fingerprint density at radius 2 is 2.00 bits per heavy atom. The highest BCUT2D eigenvalue weighted by atomic mass is 16.5. The van der Waals surface area contributed by atoms with Gasteiger partial charge in [0.25, 0.3) is 5.91 Å². The van der Waals surface area contributed by atoms with Gasteiger partial charge in [0.15, 0.2) is 6.54 Å². The molecule has 2 aliphatic heterocycles. The number of nitrogens with zero attached hydrogens (tertiary/aromatic N) is 1. The predicted octanol–water partition coefficient (Wildman–Crippen LogP) is 0.919. The van der Waals surface area contributed by atoms with E-state index in [1.165, 1.54) is 29.8 Å². The van der Waals surface area contributed by atoms with E-state index in [0.29, 0.717) is 12.6 Å². The maximum Gasteiger partial charge on any atom is 0.279 e. The van der Waals surface area contributed by atoms with Gasteiger partial charge in [-0.2, -0.15) is 0 Å². The first-order chi connectivity index (χ1) is 11.2. The van der Waals surface area contributed by atoms with Crippen molar-refractivity contribution in [1.29, 1.82) is 0 Å². The summed E-state index contributed by atoms with van der Waals surface area (Å²) in [5, 5.41) is 3.04. The topological polar surface area (TPSA) is 46.0 Å². The van der Waals surface area contributed by atoms with Gasteiger partial charge in [-0.15, -0.1) is 0 Å². The lowest BCUT2D eigenvalue weighted by Crippen LogP contribution is -3.17. The van der Waals surface area contributed by atoms with Crippen molar-refractivity contribution >= 4 is 17.3 Å². The number of hydrogen-bond acceptors (Lipinski definition) is 3. The number of quaternary nitrogens is 1. The van der Waals surface area contributed by atoms with E-state index in [-0.39, 0.29) is 5.91 Å². The van der Waals surface area contributed by atoms with Crippen LogP contribution in [0, 0.1) is 0 Å². The molecule has 0 saturated carbocycles. The monoisotopic (exact) mass is 318 g/mol. The van der Waals surface area contributed by atoms with Crippen LogP contribution in [0.15, 0.2) is 24.3 Å². The molecule has 5 nitrogen and oxygen atoms in total. The van der Waals surface area contributed by atoms with Crippen molar-refractivity contribution in [3.63, 3.8) is 0 Å². The Morgan fingerprint density at radius 1 is 1.26 bits per heavy atom. The number of piperidine rings is 1. The van der Waals surface area contributed by atoms with Crippen molar-refractivity contribution in [3.8, 4) is 0 Å². The molecule has 0 aliphatic carbocycles. The van der Waals surface area contributed by atoms with Gasteiger partial charge in [0.1, 0.15) is 0 Å². The molecule has 1 amide bonds. The van der Waals surface area contributed by atoms with Gasteiger partial charge in [0.2, 0.25) is 0 Å². The standard InChI is InChI=1S/C18H27N3O2/c1-15-4-2-3-9-21(15)14-18(22)19-16-5-7-17(8-6-16)20-10-12-23-13-11-20/h5-8,15H,2-4,9-14H2,1H3,(H,19,22)/p+1/t15-/m1/s1. The summed E-state index contributed by atoms with van der Waals surface area (Å²) in [6.45, 7) is 7.38. The van der Waals surface area contributed by atoms with Crippen LogP contribution in [0.3, 0.4) is 0 Å². The number of hydrogen-bond donors (Lipinski definition) is 2. The Balaban J connectivity index is 1.52. The first kappa shape index (κ1) is 16.3. The SMILES string of the molecule is C[C@@H]1CCCC[NH+]1CC(=O)Nc1ccc(N2CCOCC2)cc1. The van der Waals surface area contributed by atoms with Crippen LogP contribution < -0.4 is 15.1 Å². The molecule has 0 radical (unpaired) electrons. The summed E-state index contributed by atoms with van der Waals surface area (Å²) in [7, 11) is 0. The van der Waals surface area contributed by atoms with E-state index in [0.717, 1.165) is 38.5 Å². The fourth-order valence-electron chi connectivity index (χ4n) is 3.50. The van der Waals surface area contributed by atoms with Gasteiger partial charge in [-0.25, -0.2) is 0 Å². The van der Waals surface area contributed by atoms with Gasteiger partial charge in [-0.05, 0) is 50.5 Å². The lowest BCUT2D eigenvalue weighted by atomic mass is 10.0. The molecule has 1 aromatic carbocycles. The van der Waals surface area contributed by atoms with Gasteiger partial charge >= 0.3 is 0 Å². The molecular formula is C18H28N3O2+. The van der Waals surface area contributed by atoms with Crippen molar-refractivity contribution in [1.82, 2.24) is 0 Å². The number of likely N-dealkylation sites (tertiary alicyclic amines) is 1. The molecule has 2 atom stereocenters. The van der Waals surface area contributed by atoms with Gasteiger partial charge in [0, 0.05) is 24.5 Å². The number of morpholine rings is 1. The predicted molar refractivity (Wildman–Crippen MR) is 92.1 cm³/mol. The third-order valence-electron chi connectivity index (χ3n) is 5.00. The summed E-state index contributed by atoms with van der Waals surface area (Å²) >= 11 is 0. The number of ether oxygens (including phenoxy) is 1. The van der Waals surface area contributed by atoms with Crippen LogP contribution in [0.1, 0.15) is 26.2 Å². The molecule has 23 heavy (non-hydrogen) atoms. The molecule has 2 N–H and O–H groups in total. The minimum Gasteiger partial charge on any atom is -0.378 e. The zero-order chi connectivity index (χ0) is 16.1. The second-order valence-electron chi connectivity index (χ2n) is 6.68. The maximum atomic E-state index is 12.3. The minimum absolute atomic E-state index is 0.118. The Kier molecular flexibility index (Phi) is 5.51. The van der Waals surface area contributed by atoms with Crippen LogP contribution in [-0.4, -0.2) is 51.3 Å². The normalized spacial score (nSPS) is 25.2. The van der Waals surface area contributed by atoms with E-state index < -0.39 is 0 Å². The van der Waals surface area contributed by atoms with Crippen LogP contribution in [-0.2, 0) is 9.53 Å². The average Bonchev–Trinajstić information content (AvgIpc) is 2.58. The third-order valence-corrected chi connectivity index (χ3v) is 5.00. The van der Waals surface area contributed by atoms with Crippen LogP contribution in [0.4, 0.5) is 11.4 Å². The molecule has 2 saturated heterocycles. The quantitative estimate of drug-likeness (QED) is 0.868. The van der Waals surface area contributed by atoms with E-state index in [1.807, 2.05) is 12.1 Å². The summed E-state index contributed by atoms with van der Waals surface area (Å²) < 4.78 is 5.38. The highest BCUT2D eigenvalue weighted by Gasteiger charge is 2.24. The van der Waals surface area contributed by atoms with E-state index in [4.69, 9.17) is 4.74 Å². The summed E-state index contributed by atoms with van der Waals surface area (Å²) in [6.07, 6.45) is 3.77. The Bertz CT molecular complexity index is 512. The number of benzene rings is 1. The lowest BCUT2D eigenvalue weighted by Gasteiger charge is -2.29. The number of amides is 1. The highest BCUT2D eigenvalue weighted by Crippen LogP contribution is 2.18. The summed E-state index contributed by atoms with van der Waals surface area (Å²) in [4.78, 5) is 16.0. The zero-order valence-electron chi connectivity index (χ0n) is 14.0. The van der Waals surface area contributed by atoms with E-state index in [9.17, 15) is 4.79 Å².